The van der Waals surface area contributed by atoms with Crippen molar-refractivity contribution in [1.82, 2.24) is 4.98 Å². The molecule has 1 aromatic carbocycles. The Balaban J connectivity index is 2.36. The first-order valence-electron chi connectivity index (χ1n) is 5.00. The fourth-order valence-electron chi connectivity index (χ4n) is 1.45. The molecule has 86 valence electrons. The van der Waals surface area contributed by atoms with Crippen LogP contribution < -0.4 is 4.74 Å². The Hall–Kier alpha value is -2.23. The van der Waals surface area contributed by atoms with Crippen LogP contribution in [0.5, 0.6) is 5.75 Å². The van der Waals surface area contributed by atoms with Gasteiger partial charge in [-0.1, -0.05) is 12.1 Å². The van der Waals surface area contributed by atoms with E-state index in [2.05, 4.69) is 4.98 Å². The van der Waals surface area contributed by atoms with Gasteiger partial charge in [-0.25, -0.2) is 4.39 Å². The second-order valence-corrected chi connectivity index (χ2v) is 3.45. The van der Waals surface area contributed by atoms with Crippen LogP contribution in [0.1, 0.15) is 15.9 Å². The van der Waals surface area contributed by atoms with Gasteiger partial charge in [-0.05, 0) is 18.2 Å². The summed E-state index contributed by atoms with van der Waals surface area (Å²) in [5.74, 6) is -0.227. The highest BCUT2D eigenvalue weighted by Crippen LogP contribution is 2.15. The molecule has 0 saturated heterocycles. The first kappa shape index (κ1) is 11.3. The maximum Gasteiger partial charge on any atom is 0.194 e. The van der Waals surface area contributed by atoms with Crippen molar-refractivity contribution in [3.63, 3.8) is 0 Å². The second-order valence-electron chi connectivity index (χ2n) is 3.45. The Morgan fingerprint density at radius 3 is 2.76 bits per heavy atom. The Morgan fingerprint density at radius 1 is 1.24 bits per heavy atom. The molecule has 4 heteroatoms. The number of pyridine rings is 1. The number of ketones is 1. The molecule has 3 nitrogen and oxygen atoms in total. The highest BCUT2D eigenvalue weighted by Gasteiger charge is 2.10. The van der Waals surface area contributed by atoms with Crippen molar-refractivity contribution in [2.24, 2.45) is 0 Å². The number of aromatic nitrogens is 1. The van der Waals surface area contributed by atoms with Crippen molar-refractivity contribution < 1.29 is 13.9 Å². The summed E-state index contributed by atoms with van der Waals surface area (Å²) in [6.45, 7) is 0. The number of ether oxygens (including phenoxy) is 1. The van der Waals surface area contributed by atoms with Crippen LogP contribution in [-0.2, 0) is 0 Å². The number of methoxy groups -OCH3 is 1. The summed E-state index contributed by atoms with van der Waals surface area (Å²) in [4.78, 5) is 15.9. The van der Waals surface area contributed by atoms with Gasteiger partial charge in [-0.3, -0.25) is 9.78 Å². The Labute approximate surface area is 97.9 Å². The molecule has 0 radical (unpaired) electrons. The van der Waals surface area contributed by atoms with Crippen molar-refractivity contribution in [3.8, 4) is 5.75 Å². The highest BCUT2D eigenvalue weighted by atomic mass is 19.1. The second kappa shape index (κ2) is 4.74. The zero-order valence-electron chi connectivity index (χ0n) is 9.18. The van der Waals surface area contributed by atoms with Crippen LogP contribution in [-0.4, -0.2) is 17.9 Å². The van der Waals surface area contributed by atoms with E-state index in [-0.39, 0.29) is 5.78 Å². The molecular formula is C13H10FNO2. The minimum Gasteiger partial charge on any atom is -0.495 e. The summed E-state index contributed by atoms with van der Waals surface area (Å²) in [5.41, 5.74) is 0.662. The number of carbonyl (C=O) groups is 1. The zero-order chi connectivity index (χ0) is 12.3. The van der Waals surface area contributed by atoms with Crippen LogP contribution in [0.4, 0.5) is 4.39 Å². The predicted molar refractivity (Wildman–Crippen MR) is 60.6 cm³/mol. The Kier molecular flexibility index (Phi) is 3.14. The van der Waals surface area contributed by atoms with Crippen LogP contribution >= 0.6 is 0 Å². The van der Waals surface area contributed by atoms with Gasteiger partial charge in [-0.2, -0.15) is 0 Å². The van der Waals surface area contributed by atoms with Crippen LogP contribution in [0.15, 0.2) is 42.7 Å². The van der Waals surface area contributed by atoms with Gasteiger partial charge in [0.05, 0.1) is 13.3 Å². The summed E-state index contributed by atoms with van der Waals surface area (Å²) >= 11 is 0. The van der Waals surface area contributed by atoms with Gasteiger partial charge in [0.1, 0.15) is 11.6 Å². The molecule has 0 atom stereocenters. The maximum absolute atomic E-state index is 13.0. The first-order chi connectivity index (χ1) is 8.20. The van der Waals surface area contributed by atoms with Crippen LogP contribution in [0.2, 0.25) is 0 Å². The molecule has 0 spiro atoms. The lowest BCUT2D eigenvalue weighted by atomic mass is 10.1. The molecule has 1 aromatic heterocycles. The number of benzene rings is 1. The fraction of sp³-hybridized carbons (Fsp3) is 0.0769. The van der Waals surface area contributed by atoms with E-state index in [1.807, 2.05) is 0 Å². The van der Waals surface area contributed by atoms with E-state index in [4.69, 9.17) is 4.74 Å². The monoisotopic (exact) mass is 231 g/mol. The SMILES string of the molecule is COc1cncc(C(=O)c2cccc(F)c2)c1. The van der Waals surface area contributed by atoms with E-state index in [1.54, 1.807) is 12.1 Å². The predicted octanol–water partition coefficient (Wildman–Crippen LogP) is 2.46. The average molecular weight is 231 g/mol. The van der Waals surface area contributed by atoms with Crippen molar-refractivity contribution in [2.75, 3.05) is 7.11 Å². The standard InChI is InChI=1S/C13H10FNO2/c1-17-12-6-10(7-15-8-12)13(16)9-3-2-4-11(14)5-9/h2-8H,1H3. The molecule has 0 aliphatic carbocycles. The number of hydrogen-bond acceptors (Lipinski definition) is 3. The van der Waals surface area contributed by atoms with Crippen molar-refractivity contribution >= 4 is 5.78 Å². The fourth-order valence-corrected chi connectivity index (χ4v) is 1.45. The van der Waals surface area contributed by atoms with Crippen molar-refractivity contribution in [3.05, 3.63) is 59.7 Å². The van der Waals surface area contributed by atoms with E-state index in [0.29, 0.717) is 16.9 Å². The van der Waals surface area contributed by atoms with Crippen LogP contribution in [0.3, 0.4) is 0 Å². The number of hydrogen-bond donors (Lipinski definition) is 0. The lowest BCUT2D eigenvalue weighted by Crippen LogP contribution is -2.02. The molecule has 1 heterocycles. The summed E-state index contributed by atoms with van der Waals surface area (Å²) in [5, 5.41) is 0. The molecule has 2 rings (SSSR count). The molecule has 0 N–H and O–H groups in total. The molecular weight excluding hydrogens is 221 g/mol. The van der Waals surface area contributed by atoms with Gasteiger partial charge in [0.25, 0.3) is 0 Å². The van der Waals surface area contributed by atoms with Gasteiger partial charge in [0, 0.05) is 17.3 Å². The molecule has 0 fully saturated rings. The largest absolute Gasteiger partial charge is 0.495 e. The van der Waals surface area contributed by atoms with Crippen LogP contribution in [0, 0.1) is 5.82 Å². The molecule has 0 saturated carbocycles. The number of carbonyl (C=O) groups excluding carboxylic acids is 1. The third kappa shape index (κ3) is 2.47. The molecule has 0 amide bonds. The van der Waals surface area contributed by atoms with E-state index in [9.17, 15) is 9.18 Å². The number of halogens is 1. The minimum absolute atomic E-state index is 0.282. The third-order valence-corrected chi connectivity index (χ3v) is 2.30. The minimum atomic E-state index is -0.438. The summed E-state index contributed by atoms with van der Waals surface area (Å²) < 4.78 is 18.0. The zero-order valence-corrected chi connectivity index (χ0v) is 9.18. The Bertz CT molecular complexity index is 555. The van der Waals surface area contributed by atoms with E-state index in [1.165, 1.54) is 37.7 Å². The summed E-state index contributed by atoms with van der Waals surface area (Å²) in [7, 11) is 1.49. The maximum atomic E-state index is 13.0. The lowest BCUT2D eigenvalue weighted by molar-refractivity contribution is 0.103. The molecule has 0 aliphatic heterocycles. The van der Waals surface area contributed by atoms with E-state index in [0.717, 1.165) is 0 Å². The average Bonchev–Trinajstić information content (AvgIpc) is 2.38. The van der Waals surface area contributed by atoms with Gasteiger partial charge >= 0.3 is 0 Å². The molecule has 17 heavy (non-hydrogen) atoms. The molecule has 2 aromatic rings. The van der Waals surface area contributed by atoms with Gasteiger partial charge in [0.15, 0.2) is 5.78 Å². The normalized spacial score (nSPS) is 10.0. The topological polar surface area (TPSA) is 39.2 Å². The third-order valence-electron chi connectivity index (χ3n) is 2.30. The first-order valence-corrected chi connectivity index (χ1v) is 5.00. The molecule has 0 bridgehead atoms. The van der Waals surface area contributed by atoms with Gasteiger partial charge < -0.3 is 4.74 Å². The van der Waals surface area contributed by atoms with Crippen molar-refractivity contribution in [1.29, 1.82) is 0 Å². The summed E-state index contributed by atoms with van der Waals surface area (Å²) in [6, 6.07) is 7.11. The summed E-state index contributed by atoms with van der Waals surface area (Å²) in [6.07, 6.45) is 2.93. The van der Waals surface area contributed by atoms with Gasteiger partial charge in [-0.15, -0.1) is 0 Å². The lowest BCUT2D eigenvalue weighted by Gasteiger charge is -2.03. The molecule has 0 aliphatic rings. The van der Waals surface area contributed by atoms with Crippen molar-refractivity contribution in [2.45, 2.75) is 0 Å². The van der Waals surface area contributed by atoms with E-state index < -0.39 is 5.82 Å². The number of nitrogens with zero attached hydrogens (tertiary/aromatic N) is 1. The molecule has 0 unspecified atom stereocenters. The highest BCUT2D eigenvalue weighted by molar-refractivity contribution is 6.08. The van der Waals surface area contributed by atoms with Crippen LogP contribution in [0.25, 0.3) is 0 Å². The smallest absolute Gasteiger partial charge is 0.194 e. The number of rotatable bonds is 3. The quantitative estimate of drug-likeness (QED) is 0.762. The van der Waals surface area contributed by atoms with E-state index >= 15 is 0 Å². The Morgan fingerprint density at radius 2 is 2.06 bits per heavy atom. The van der Waals surface area contributed by atoms with Gasteiger partial charge in [0.2, 0.25) is 0 Å².